The molecule has 0 radical (unpaired) electrons. The van der Waals surface area contributed by atoms with Gasteiger partial charge in [0.25, 0.3) is 0 Å². The Hall–Kier alpha value is 0.150. The zero-order valence-corrected chi connectivity index (χ0v) is 7.94. The van der Waals surface area contributed by atoms with Crippen LogP contribution in [0.2, 0.25) is 0 Å². The predicted octanol–water partition coefficient (Wildman–Crippen LogP) is 2.78. The Balaban J connectivity index is 0. The van der Waals surface area contributed by atoms with Gasteiger partial charge in [0.1, 0.15) is 6.29 Å². The highest BCUT2D eigenvalue weighted by atomic mass is 79.9. The Kier molecular flexibility index (Phi) is 14.6. The lowest BCUT2D eigenvalue weighted by molar-refractivity contribution is -0.107. The number of aldehydes is 1. The van der Waals surface area contributed by atoms with Crippen molar-refractivity contribution in [1.82, 2.24) is 0 Å². The summed E-state index contributed by atoms with van der Waals surface area (Å²) >= 11 is 3.17. The Bertz CT molecular complexity index is 54.9. The molecular formula is C7H15BrO. The van der Waals surface area contributed by atoms with Crippen molar-refractivity contribution in [3.8, 4) is 0 Å². The third-order valence-electron chi connectivity index (χ3n) is 0.712. The Morgan fingerprint density at radius 2 is 2.00 bits per heavy atom. The number of rotatable bonds is 3. The normalized spacial score (nSPS) is 11.1. The van der Waals surface area contributed by atoms with Gasteiger partial charge in [0.05, 0.1) is 4.83 Å². The second-order valence-corrected chi connectivity index (χ2v) is 2.62. The van der Waals surface area contributed by atoms with Crippen LogP contribution < -0.4 is 0 Å². The average Bonchev–Trinajstić information content (AvgIpc) is 1.93. The molecule has 0 aliphatic heterocycles. The molecule has 0 heterocycles. The highest BCUT2D eigenvalue weighted by molar-refractivity contribution is 9.09. The van der Waals surface area contributed by atoms with Crippen LogP contribution in [0.3, 0.4) is 0 Å². The maximum atomic E-state index is 9.85. The first-order valence-electron chi connectivity index (χ1n) is 3.40. The maximum absolute atomic E-state index is 9.85. The molecule has 0 aliphatic rings. The zero-order chi connectivity index (χ0) is 7.70. The van der Waals surface area contributed by atoms with Gasteiger partial charge in [0.15, 0.2) is 0 Å². The highest BCUT2D eigenvalue weighted by Gasteiger charge is 1.95. The first-order valence-corrected chi connectivity index (χ1v) is 4.32. The second-order valence-electron chi connectivity index (χ2n) is 1.44. The van der Waals surface area contributed by atoms with E-state index in [1.807, 2.05) is 13.8 Å². The van der Waals surface area contributed by atoms with E-state index in [9.17, 15) is 4.79 Å². The number of alkyl halides is 1. The third kappa shape index (κ3) is 11.6. The van der Waals surface area contributed by atoms with E-state index in [1.165, 1.54) is 0 Å². The topological polar surface area (TPSA) is 17.1 Å². The molecule has 0 aromatic rings. The quantitative estimate of drug-likeness (QED) is 0.499. The van der Waals surface area contributed by atoms with Gasteiger partial charge in [-0.05, 0) is 6.42 Å². The molecule has 1 unspecified atom stereocenters. The first kappa shape index (κ1) is 11.9. The lowest BCUT2D eigenvalue weighted by Gasteiger charge is -1.92. The molecule has 56 valence electrons. The third-order valence-corrected chi connectivity index (χ3v) is 1.39. The minimum Gasteiger partial charge on any atom is -0.302 e. The lowest BCUT2D eigenvalue weighted by Crippen LogP contribution is -1.95. The molecular weight excluding hydrogens is 180 g/mol. The van der Waals surface area contributed by atoms with Gasteiger partial charge in [-0.25, -0.2) is 0 Å². The fourth-order valence-electron chi connectivity index (χ4n) is 0.344. The van der Waals surface area contributed by atoms with Crippen molar-refractivity contribution in [1.29, 1.82) is 0 Å². The molecule has 1 nitrogen and oxygen atoms in total. The van der Waals surface area contributed by atoms with E-state index in [1.54, 1.807) is 0 Å². The van der Waals surface area contributed by atoms with Crippen LogP contribution in [0.15, 0.2) is 0 Å². The van der Waals surface area contributed by atoms with Crippen LogP contribution in [0, 0.1) is 0 Å². The van der Waals surface area contributed by atoms with Crippen molar-refractivity contribution in [2.45, 2.75) is 38.4 Å². The van der Waals surface area contributed by atoms with Crippen molar-refractivity contribution < 1.29 is 4.79 Å². The fourth-order valence-corrected chi connectivity index (χ4v) is 0.802. The molecule has 0 saturated heterocycles. The molecule has 0 aliphatic carbocycles. The van der Waals surface area contributed by atoms with Crippen LogP contribution in [-0.4, -0.2) is 11.1 Å². The highest BCUT2D eigenvalue weighted by Crippen LogP contribution is 2.02. The van der Waals surface area contributed by atoms with Crippen molar-refractivity contribution in [3.05, 3.63) is 0 Å². The van der Waals surface area contributed by atoms with Crippen LogP contribution in [0.25, 0.3) is 0 Å². The molecule has 0 spiro atoms. The van der Waals surface area contributed by atoms with Gasteiger partial charge >= 0.3 is 0 Å². The Labute approximate surface area is 66.0 Å². The number of halogens is 1. The van der Waals surface area contributed by atoms with Crippen LogP contribution in [0.5, 0.6) is 0 Å². The lowest BCUT2D eigenvalue weighted by atomic mass is 10.3. The summed E-state index contributed by atoms with van der Waals surface area (Å²) in [6.07, 6.45) is 2.93. The van der Waals surface area contributed by atoms with E-state index in [0.717, 1.165) is 19.1 Å². The molecule has 0 aromatic carbocycles. The molecule has 0 amide bonds. The molecule has 0 rings (SSSR count). The van der Waals surface area contributed by atoms with Gasteiger partial charge in [0, 0.05) is 0 Å². The molecule has 1 atom stereocenters. The minimum absolute atomic E-state index is 0.0810. The van der Waals surface area contributed by atoms with E-state index in [0.29, 0.717) is 0 Å². The smallest absolute Gasteiger partial charge is 0.133 e. The van der Waals surface area contributed by atoms with Crippen LogP contribution in [0.4, 0.5) is 0 Å². The SMILES string of the molecule is CC.CCCC(Br)C=O. The molecule has 0 aromatic heterocycles. The van der Waals surface area contributed by atoms with Gasteiger partial charge < -0.3 is 4.79 Å². The Morgan fingerprint density at radius 3 is 2.11 bits per heavy atom. The first-order chi connectivity index (χ1) is 4.31. The van der Waals surface area contributed by atoms with E-state index < -0.39 is 0 Å². The summed E-state index contributed by atoms with van der Waals surface area (Å²) in [6, 6.07) is 0. The summed E-state index contributed by atoms with van der Waals surface area (Å²) in [5.41, 5.74) is 0. The second kappa shape index (κ2) is 11.0. The molecule has 0 bridgehead atoms. The van der Waals surface area contributed by atoms with Gasteiger partial charge in [0.2, 0.25) is 0 Å². The minimum atomic E-state index is 0.0810. The number of carbonyl (C=O) groups excluding carboxylic acids is 1. The summed E-state index contributed by atoms with van der Waals surface area (Å²) in [7, 11) is 0. The Morgan fingerprint density at radius 1 is 1.56 bits per heavy atom. The van der Waals surface area contributed by atoms with E-state index >= 15 is 0 Å². The zero-order valence-electron chi connectivity index (χ0n) is 6.36. The standard InChI is InChI=1S/C5H9BrO.C2H6/c1-2-3-5(6)4-7;1-2/h4-5H,2-3H2,1H3;1-2H3. The van der Waals surface area contributed by atoms with Gasteiger partial charge in [-0.3, -0.25) is 0 Å². The summed E-state index contributed by atoms with van der Waals surface area (Å²) in [5.74, 6) is 0. The van der Waals surface area contributed by atoms with E-state index in [-0.39, 0.29) is 4.83 Å². The maximum Gasteiger partial charge on any atom is 0.133 e. The van der Waals surface area contributed by atoms with Crippen molar-refractivity contribution in [2.75, 3.05) is 0 Å². The summed E-state index contributed by atoms with van der Waals surface area (Å²) in [6.45, 7) is 6.05. The largest absolute Gasteiger partial charge is 0.302 e. The monoisotopic (exact) mass is 194 g/mol. The molecule has 0 N–H and O–H groups in total. The molecule has 2 heteroatoms. The summed E-state index contributed by atoms with van der Waals surface area (Å²) in [5, 5.41) is 0. The molecule has 0 saturated carbocycles. The van der Waals surface area contributed by atoms with Crippen LogP contribution >= 0.6 is 15.9 Å². The van der Waals surface area contributed by atoms with Crippen molar-refractivity contribution in [3.63, 3.8) is 0 Å². The molecule has 9 heavy (non-hydrogen) atoms. The number of hydrogen-bond donors (Lipinski definition) is 0. The van der Waals surface area contributed by atoms with Crippen molar-refractivity contribution in [2.24, 2.45) is 0 Å². The van der Waals surface area contributed by atoms with Gasteiger partial charge in [-0.15, -0.1) is 0 Å². The van der Waals surface area contributed by atoms with Gasteiger partial charge in [-0.2, -0.15) is 0 Å². The van der Waals surface area contributed by atoms with E-state index in [2.05, 4.69) is 22.9 Å². The number of carbonyl (C=O) groups is 1. The number of hydrogen-bond acceptors (Lipinski definition) is 1. The van der Waals surface area contributed by atoms with Crippen molar-refractivity contribution >= 4 is 22.2 Å². The average molecular weight is 195 g/mol. The van der Waals surface area contributed by atoms with Crippen LogP contribution in [0.1, 0.15) is 33.6 Å². The predicted molar refractivity (Wildman–Crippen MR) is 45.0 cm³/mol. The fraction of sp³-hybridized carbons (Fsp3) is 0.857. The summed E-state index contributed by atoms with van der Waals surface area (Å²) in [4.78, 5) is 9.93. The van der Waals surface area contributed by atoms with Crippen LogP contribution in [-0.2, 0) is 4.79 Å². The van der Waals surface area contributed by atoms with Gasteiger partial charge in [-0.1, -0.05) is 43.1 Å². The molecule has 0 fully saturated rings. The summed E-state index contributed by atoms with van der Waals surface area (Å²) < 4.78 is 0. The van der Waals surface area contributed by atoms with E-state index in [4.69, 9.17) is 0 Å².